The summed E-state index contributed by atoms with van der Waals surface area (Å²) in [7, 11) is 0. The van der Waals surface area contributed by atoms with Gasteiger partial charge < -0.3 is 15.3 Å². The summed E-state index contributed by atoms with van der Waals surface area (Å²) in [5.41, 5.74) is 8.00. The summed E-state index contributed by atoms with van der Waals surface area (Å²) >= 11 is 0. The Kier molecular flexibility index (Phi) is 6.69. The minimum absolute atomic E-state index is 0.206. The zero-order valence-corrected chi connectivity index (χ0v) is 22.8. The van der Waals surface area contributed by atoms with E-state index in [1.807, 2.05) is 36.4 Å². The molecular formula is C36H34O3. The Morgan fingerprint density at radius 2 is 0.718 bits per heavy atom. The quantitative estimate of drug-likeness (QED) is 0.212. The van der Waals surface area contributed by atoms with Crippen LogP contribution >= 0.6 is 0 Å². The molecule has 3 N–H and O–H groups in total. The number of rotatable bonds is 6. The van der Waals surface area contributed by atoms with Crippen molar-refractivity contribution in [3.05, 3.63) is 138 Å². The molecule has 0 spiro atoms. The van der Waals surface area contributed by atoms with Crippen molar-refractivity contribution in [1.82, 2.24) is 0 Å². The van der Waals surface area contributed by atoms with E-state index in [1.165, 1.54) is 5.56 Å². The lowest BCUT2D eigenvalue weighted by atomic mass is 9.77. The maximum absolute atomic E-state index is 10.7. The first-order valence-corrected chi connectivity index (χ1v) is 13.2. The molecule has 0 saturated heterocycles. The summed E-state index contributed by atoms with van der Waals surface area (Å²) in [6, 6.07) is 37.3. The highest BCUT2D eigenvalue weighted by molar-refractivity contribution is 5.77. The highest BCUT2D eigenvalue weighted by Gasteiger charge is 2.24. The number of hydrogen-bond acceptors (Lipinski definition) is 3. The average Bonchev–Trinajstić information content (AvgIpc) is 2.94. The van der Waals surface area contributed by atoms with Gasteiger partial charge in [0.25, 0.3) is 0 Å². The molecule has 0 bridgehead atoms. The van der Waals surface area contributed by atoms with E-state index in [9.17, 15) is 15.3 Å². The number of aromatic hydroxyl groups is 3. The molecule has 5 aromatic carbocycles. The molecule has 3 nitrogen and oxygen atoms in total. The van der Waals surface area contributed by atoms with Crippen molar-refractivity contribution in [2.75, 3.05) is 0 Å². The zero-order chi connectivity index (χ0) is 27.8. The van der Waals surface area contributed by atoms with E-state index in [2.05, 4.69) is 76.2 Å². The molecule has 0 aromatic heterocycles. The van der Waals surface area contributed by atoms with Gasteiger partial charge in [0.05, 0.1) is 0 Å². The summed E-state index contributed by atoms with van der Waals surface area (Å²) in [6.45, 7) is 8.69. The standard InChI is InChI=1S/C36H34O3/c1-35(2,29-14-18-31(37)19-15-29)27-10-5-24(6-11-27)26-9-22-34(39)33(23-26)25-7-12-28(13-8-25)36(3,4)30-16-20-32(38)21-17-30/h5-23,37-39H,1-4H3. The summed E-state index contributed by atoms with van der Waals surface area (Å²) in [4.78, 5) is 0. The van der Waals surface area contributed by atoms with Crippen LogP contribution in [0.3, 0.4) is 0 Å². The van der Waals surface area contributed by atoms with Crippen LogP contribution < -0.4 is 0 Å². The molecule has 3 heteroatoms. The van der Waals surface area contributed by atoms with Crippen molar-refractivity contribution >= 4 is 0 Å². The van der Waals surface area contributed by atoms with Crippen LogP contribution in [0.2, 0.25) is 0 Å². The Morgan fingerprint density at radius 3 is 1.13 bits per heavy atom. The first kappa shape index (κ1) is 26.1. The second-order valence-corrected chi connectivity index (χ2v) is 11.2. The zero-order valence-electron chi connectivity index (χ0n) is 22.8. The molecule has 0 saturated carbocycles. The average molecular weight is 515 g/mol. The van der Waals surface area contributed by atoms with Crippen LogP contribution in [0, 0.1) is 0 Å². The molecule has 0 aliphatic carbocycles. The third-order valence-corrected chi connectivity index (χ3v) is 8.03. The number of benzene rings is 5. The number of hydrogen-bond donors (Lipinski definition) is 3. The van der Waals surface area contributed by atoms with Gasteiger partial charge in [-0.15, -0.1) is 0 Å². The van der Waals surface area contributed by atoms with Gasteiger partial charge in [-0.25, -0.2) is 0 Å². The summed E-state index contributed by atoms with van der Waals surface area (Å²) in [5.74, 6) is 0.772. The topological polar surface area (TPSA) is 60.7 Å². The molecule has 0 heterocycles. The van der Waals surface area contributed by atoms with Crippen molar-refractivity contribution < 1.29 is 15.3 Å². The molecule has 39 heavy (non-hydrogen) atoms. The second kappa shape index (κ2) is 9.99. The van der Waals surface area contributed by atoms with E-state index >= 15 is 0 Å². The fraction of sp³-hybridized carbons (Fsp3) is 0.167. The van der Waals surface area contributed by atoms with E-state index in [0.717, 1.165) is 38.9 Å². The summed E-state index contributed by atoms with van der Waals surface area (Å²) in [5, 5.41) is 30.0. The highest BCUT2D eigenvalue weighted by atomic mass is 16.3. The minimum atomic E-state index is -0.230. The maximum Gasteiger partial charge on any atom is 0.123 e. The van der Waals surface area contributed by atoms with Gasteiger partial charge in [-0.2, -0.15) is 0 Å². The molecular weight excluding hydrogens is 480 g/mol. The fourth-order valence-electron chi connectivity index (χ4n) is 5.18. The van der Waals surface area contributed by atoms with Crippen molar-refractivity contribution in [2.24, 2.45) is 0 Å². The monoisotopic (exact) mass is 514 g/mol. The van der Waals surface area contributed by atoms with Gasteiger partial charge in [-0.3, -0.25) is 0 Å². The normalized spacial score (nSPS) is 11.9. The van der Waals surface area contributed by atoms with Crippen LogP contribution in [-0.2, 0) is 10.8 Å². The van der Waals surface area contributed by atoms with Crippen molar-refractivity contribution in [3.8, 4) is 39.5 Å². The van der Waals surface area contributed by atoms with Gasteiger partial charge in [0.1, 0.15) is 17.2 Å². The third-order valence-electron chi connectivity index (χ3n) is 8.03. The summed E-state index contributed by atoms with van der Waals surface area (Å²) < 4.78 is 0. The van der Waals surface area contributed by atoms with Gasteiger partial charge >= 0.3 is 0 Å². The third kappa shape index (κ3) is 5.13. The van der Waals surface area contributed by atoms with E-state index in [0.29, 0.717) is 0 Å². The number of phenolic OH excluding ortho intramolecular Hbond substituents is 3. The van der Waals surface area contributed by atoms with Crippen LogP contribution in [0.25, 0.3) is 22.3 Å². The van der Waals surface area contributed by atoms with Crippen LogP contribution in [0.15, 0.2) is 115 Å². The molecule has 196 valence electrons. The van der Waals surface area contributed by atoms with E-state index in [4.69, 9.17) is 0 Å². The maximum atomic E-state index is 10.7. The molecule has 5 rings (SSSR count). The van der Waals surface area contributed by atoms with Gasteiger partial charge in [-0.1, -0.05) is 107 Å². The highest BCUT2D eigenvalue weighted by Crippen LogP contribution is 2.38. The lowest BCUT2D eigenvalue weighted by molar-refractivity contribution is 0.474. The number of phenols is 3. The largest absolute Gasteiger partial charge is 0.508 e. The Balaban J connectivity index is 1.41. The van der Waals surface area contributed by atoms with Crippen molar-refractivity contribution in [1.29, 1.82) is 0 Å². The van der Waals surface area contributed by atoms with Crippen molar-refractivity contribution in [2.45, 2.75) is 38.5 Å². The van der Waals surface area contributed by atoms with Crippen molar-refractivity contribution in [3.63, 3.8) is 0 Å². The minimum Gasteiger partial charge on any atom is -0.508 e. The molecule has 0 unspecified atom stereocenters. The Labute approximate surface area is 230 Å². The first-order valence-electron chi connectivity index (χ1n) is 13.2. The van der Waals surface area contributed by atoms with E-state index < -0.39 is 0 Å². The molecule has 0 radical (unpaired) electrons. The molecule has 0 fully saturated rings. The van der Waals surface area contributed by atoms with E-state index in [1.54, 1.807) is 30.3 Å². The molecule has 0 aliphatic heterocycles. The van der Waals surface area contributed by atoms with Crippen LogP contribution in [0.1, 0.15) is 49.9 Å². The van der Waals surface area contributed by atoms with E-state index in [-0.39, 0.29) is 28.1 Å². The molecule has 0 amide bonds. The Morgan fingerprint density at radius 1 is 0.385 bits per heavy atom. The first-order chi connectivity index (χ1) is 18.6. The lowest BCUT2D eigenvalue weighted by Gasteiger charge is -2.26. The Bertz CT molecular complexity index is 1580. The van der Waals surface area contributed by atoms with Gasteiger partial charge in [0.2, 0.25) is 0 Å². The van der Waals surface area contributed by atoms with Gasteiger partial charge in [-0.05, 0) is 75.3 Å². The predicted molar refractivity (Wildman–Crippen MR) is 159 cm³/mol. The Hall–Kier alpha value is -4.50. The molecule has 0 aliphatic rings. The SMILES string of the molecule is CC(C)(c1ccc(O)cc1)c1ccc(-c2ccc(O)c(-c3ccc(C(C)(C)c4ccc(O)cc4)cc3)c2)cc1. The lowest BCUT2D eigenvalue weighted by Crippen LogP contribution is -2.18. The van der Waals surface area contributed by atoms with Gasteiger partial charge in [0, 0.05) is 16.4 Å². The molecule has 0 atom stereocenters. The second-order valence-electron chi connectivity index (χ2n) is 11.2. The fourth-order valence-corrected chi connectivity index (χ4v) is 5.18. The smallest absolute Gasteiger partial charge is 0.123 e. The predicted octanol–water partition coefficient (Wildman–Crippen LogP) is 8.79. The van der Waals surface area contributed by atoms with Crippen LogP contribution in [0.5, 0.6) is 17.2 Å². The van der Waals surface area contributed by atoms with Gasteiger partial charge in [0.15, 0.2) is 0 Å². The molecule has 5 aromatic rings. The van der Waals surface area contributed by atoms with Crippen LogP contribution in [0.4, 0.5) is 0 Å². The summed E-state index contributed by atoms with van der Waals surface area (Å²) in [6.07, 6.45) is 0. The van der Waals surface area contributed by atoms with Crippen LogP contribution in [-0.4, -0.2) is 15.3 Å².